The van der Waals surface area contributed by atoms with Crippen molar-refractivity contribution in [1.29, 1.82) is 0 Å². The minimum atomic E-state index is -0.853. The lowest BCUT2D eigenvalue weighted by Gasteiger charge is -2.51. The largest absolute Gasteiger partial charge is 0.335 e. The van der Waals surface area contributed by atoms with Crippen LogP contribution < -0.4 is 5.56 Å². The number of piperidine rings is 1. The van der Waals surface area contributed by atoms with Crippen LogP contribution in [-0.4, -0.2) is 25.6 Å². The Morgan fingerprint density at radius 2 is 1.69 bits per heavy atom. The van der Waals surface area contributed by atoms with Crippen LogP contribution in [0.1, 0.15) is 47.7 Å². The molecule has 5 aromatic rings. The predicted molar refractivity (Wildman–Crippen MR) is 158 cm³/mol. The van der Waals surface area contributed by atoms with E-state index in [0.29, 0.717) is 10.0 Å². The summed E-state index contributed by atoms with van der Waals surface area (Å²) in [5, 5.41) is 2.37. The number of likely N-dealkylation sites (tertiary alicyclic amines) is 1. The van der Waals surface area contributed by atoms with Crippen molar-refractivity contribution < 1.29 is 0 Å². The molecule has 3 aromatic carbocycles. The average Bonchev–Trinajstić information content (AvgIpc) is 3.38. The Hall–Kier alpha value is -3.38. The Morgan fingerprint density at radius 3 is 2.44 bits per heavy atom. The van der Waals surface area contributed by atoms with E-state index >= 15 is 0 Å². The van der Waals surface area contributed by atoms with E-state index in [1.165, 1.54) is 5.56 Å². The number of imidazole rings is 1. The van der Waals surface area contributed by atoms with Gasteiger partial charge in [0.2, 0.25) is 0 Å². The van der Waals surface area contributed by atoms with E-state index in [1.807, 2.05) is 81.2 Å². The van der Waals surface area contributed by atoms with Crippen molar-refractivity contribution >= 4 is 34.1 Å². The molecule has 39 heavy (non-hydrogen) atoms. The summed E-state index contributed by atoms with van der Waals surface area (Å²) in [6.07, 6.45) is 6.88. The zero-order valence-corrected chi connectivity index (χ0v) is 23.5. The molecule has 1 saturated heterocycles. The van der Waals surface area contributed by atoms with Crippen molar-refractivity contribution in [3.05, 3.63) is 134 Å². The number of pyridine rings is 1. The minimum Gasteiger partial charge on any atom is -0.335 e. The third kappa shape index (κ3) is 4.29. The first-order valence-corrected chi connectivity index (χ1v) is 14.0. The van der Waals surface area contributed by atoms with Crippen LogP contribution in [0.15, 0.2) is 96.2 Å². The fourth-order valence-corrected chi connectivity index (χ4v) is 6.72. The quantitative estimate of drug-likeness (QED) is 0.232. The first-order chi connectivity index (χ1) is 18.9. The summed E-state index contributed by atoms with van der Waals surface area (Å²) in [4.78, 5) is 20.8. The van der Waals surface area contributed by atoms with E-state index in [4.69, 9.17) is 23.2 Å². The van der Waals surface area contributed by atoms with Crippen LogP contribution in [0.25, 0.3) is 10.9 Å². The van der Waals surface area contributed by atoms with Crippen LogP contribution in [0.4, 0.5) is 0 Å². The van der Waals surface area contributed by atoms with Gasteiger partial charge in [-0.1, -0.05) is 72.1 Å². The smallest absolute Gasteiger partial charge is 0.251 e. The highest BCUT2D eigenvalue weighted by atomic mass is 35.5. The summed E-state index contributed by atoms with van der Waals surface area (Å²) in [5.74, 6) is 0. The number of halogens is 2. The third-order valence-corrected chi connectivity index (χ3v) is 8.65. The number of benzene rings is 3. The standard InChI is InChI=1S/C32H30Cl2N4O/c1-36-21-35-20-30(36)32(23-8-7-9-25(34)18-23,27-19-31(39)37(2)29-12-4-3-10-26(27)29)38-17-6-5-11-28(38)22-13-15-24(33)16-14-22/h3-4,7-10,12-16,18-21,28H,5-6,11,17H2,1-2H3. The van der Waals surface area contributed by atoms with E-state index in [2.05, 4.69) is 38.7 Å². The van der Waals surface area contributed by atoms with Crippen molar-refractivity contribution in [2.75, 3.05) is 6.54 Å². The second-order valence-corrected chi connectivity index (χ2v) is 11.2. The molecule has 0 amide bonds. The van der Waals surface area contributed by atoms with Gasteiger partial charge in [-0.3, -0.25) is 9.69 Å². The van der Waals surface area contributed by atoms with Gasteiger partial charge in [0, 0.05) is 48.2 Å². The van der Waals surface area contributed by atoms with E-state index in [9.17, 15) is 4.79 Å². The summed E-state index contributed by atoms with van der Waals surface area (Å²) in [7, 11) is 3.85. The highest BCUT2D eigenvalue weighted by Crippen LogP contribution is 2.50. The van der Waals surface area contributed by atoms with Gasteiger partial charge in [0.1, 0.15) is 5.54 Å². The van der Waals surface area contributed by atoms with E-state index in [-0.39, 0.29) is 11.6 Å². The van der Waals surface area contributed by atoms with Crippen LogP contribution >= 0.6 is 23.2 Å². The molecule has 198 valence electrons. The van der Waals surface area contributed by atoms with Gasteiger partial charge in [0.25, 0.3) is 5.56 Å². The normalized spacial score (nSPS) is 17.8. The second kappa shape index (κ2) is 10.3. The molecule has 0 bridgehead atoms. The Morgan fingerprint density at radius 1 is 0.897 bits per heavy atom. The number of nitrogens with zero attached hydrogens (tertiary/aromatic N) is 4. The molecule has 0 spiro atoms. The monoisotopic (exact) mass is 556 g/mol. The molecule has 7 heteroatoms. The van der Waals surface area contributed by atoms with Crippen molar-refractivity contribution in [3.8, 4) is 0 Å². The van der Waals surface area contributed by atoms with Crippen molar-refractivity contribution in [2.24, 2.45) is 14.1 Å². The molecule has 1 aliphatic heterocycles. The van der Waals surface area contributed by atoms with Gasteiger partial charge in [-0.15, -0.1) is 0 Å². The first kappa shape index (κ1) is 25.9. The van der Waals surface area contributed by atoms with E-state index in [1.54, 1.807) is 4.57 Å². The lowest BCUT2D eigenvalue weighted by Crippen LogP contribution is -2.53. The highest BCUT2D eigenvalue weighted by Gasteiger charge is 2.49. The second-order valence-electron chi connectivity index (χ2n) is 10.3. The van der Waals surface area contributed by atoms with Crippen molar-refractivity contribution in [2.45, 2.75) is 30.8 Å². The average molecular weight is 558 g/mol. The Kier molecular flexibility index (Phi) is 6.84. The fraction of sp³-hybridized carbons (Fsp3) is 0.250. The number of aryl methyl sites for hydroxylation is 2. The summed E-state index contributed by atoms with van der Waals surface area (Å²) < 4.78 is 3.79. The summed E-state index contributed by atoms with van der Waals surface area (Å²) in [6.45, 7) is 0.828. The molecule has 2 atom stereocenters. The van der Waals surface area contributed by atoms with Gasteiger partial charge in [0.05, 0.1) is 23.7 Å². The Labute approximate surface area is 238 Å². The Balaban J connectivity index is 1.78. The number of fused-ring (bicyclic) bond motifs is 1. The zero-order chi connectivity index (χ0) is 27.1. The topological polar surface area (TPSA) is 43.1 Å². The van der Waals surface area contributed by atoms with Gasteiger partial charge in [-0.05, 0) is 59.9 Å². The molecule has 2 unspecified atom stereocenters. The molecule has 6 rings (SSSR count). The molecular formula is C32H30Cl2N4O. The van der Waals surface area contributed by atoms with Gasteiger partial charge in [0.15, 0.2) is 0 Å². The molecule has 1 fully saturated rings. The third-order valence-electron chi connectivity index (χ3n) is 8.16. The highest BCUT2D eigenvalue weighted by molar-refractivity contribution is 6.30. The van der Waals surface area contributed by atoms with Crippen LogP contribution in [0.3, 0.4) is 0 Å². The summed E-state index contributed by atoms with van der Waals surface area (Å²) in [5.41, 5.74) is 4.06. The molecule has 1 aliphatic rings. The van der Waals surface area contributed by atoms with E-state index in [0.717, 1.165) is 53.5 Å². The molecule has 5 nitrogen and oxygen atoms in total. The predicted octanol–water partition coefficient (Wildman–Crippen LogP) is 7.10. The van der Waals surface area contributed by atoms with Crippen molar-refractivity contribution in [1.82, 2.24) is 19.0 Å². The zero-order valence-electron chi connectivity index (χ0n) is 22.0. The van der Waals surface area contributed by atoms with Crippen LogP contribution in [0.5, 0.6) is 0 Å². The maximum absolute atomic E-state index is 13.6. The molecule has 3 heterocycles. The van der Waals surface area contributed by atoms with Crippen LogP contribution in [0, 0.1) is 0 Å². The lowest BCUT2D eigenvalue weighted by atomic mass is 9.74. The van der Waals surface area contributed by atoms with Crippen molar-refractivity contribution in [3.63, 3.8) is 0 Å². The molecule has 0 radical (unpaired) electrons. The maximum Gasteiger partial charge on any atom is 0.251 e. The van der Waals surface area contributed by atoms with Gasteiger partial charge >= 0.3 is 0 Å². The van der Waals surface area contributed by atoms with Gasteiger partial charge < -0.3 is 9.13 Å². The SMILES string of the molecule is Cn1cncc1C(c1cccc(Cl)c1)(c1cc(=O)n(C)c2ccccc12)N1CCCCC1c1ccc(Cl)cc1. The maximum atomic E-state index is 13.6. The summed E-state index contributed by atoms with van der Waals surface area (Å²) in [6, 6.07) is 26.2. The Bertz CT molecular complexity index is 1710. The first-order valence-electron chi connectivity index (χ1n) is 13.3. The van der Waals surface area contributed by atoms with Crippen LogP contribution in [-0.2, 0) is 19.6 Å². The molecule has 2 aromatic heterocycles. The molecule has 0 N–H and O–H groups in total. The summed E-state index contributed by atoms with van der Waals surface area (Å²) >= 11 is 13.0. The van der Waals surface area contributed by atoms with Crippen LogP contribution in [0.2, 0.25) is 10.0 Å². The molecule has 0 aliphatic carbocycles. The lowest BCUT2D eigenvalue weighted by molar-refractivity contribution is 0.0605. The molecule has 0 saturated carbocycles. The number of hydrogen-bond acceptors (Lipinski definition) is 3. The number of para-hydroxylation sites is 1. The minimum absolute atomic E-state index is 0.0580. The number of rotatable bonds is 5. The fourth-order valence-electron chi connectivity index (χ4n) is 6.40. The molecular weight excluding hydrogens is 527 g/mol. The van der Waals surface area contributed by atoms with Gasteiger partial charge in [-0.25, -0.2) is 4.98 Å². The van der Waals surface area contributed by atoms with Gasteiger partial charge in [-0.2, -0.15) is 0 Å². The van der Waals surface area contributed by atoms with E-state index < -0.39 is 5.54 Å². The number of hydrogen-bond donors (Lipinski definition) is 0. The number of aromatic nitrogens is 3.